The van der Waals surface area contributed by atoms with Crippen molar-refractivity contribution < 1.29 is 9.13 Å². The van der Waals surface area contributed by atoms with E-state index < -0.39 is 5.82 Å². The van der Waals surface area contributed by atoms with E-state index in [0.29, 0.717) is 17.3 Å². The number of anilines is 1. The maximum absolute atomic E-state index is 13.6. The number of hydrogen-bond acceptors (Lipinski definition) is 5. The Morgan fingerprint density at radius 3 is 2.82 bits per heavy atom. The molecule has 0 aliphatic heterocycles. The Hall–Kier alpha value is -2.24. The Balaban J connectivity index is 2.50. The van der Waals surface area contributed by atoms with E-state index in [1.807, 2.05) is 0 Å². The van der Waals surface area contributed by atoms with Gasteiger partial charge in [0.05, 0.1) is 19.5 Å². The van der Waals surface area contributed by atoms with Crippen LogP contribution in [0.25, 0.3) is 11.3 Å². The second-order valence-electron chi connectivity index (χ2n) is 3.25. The lowest BCUT2D eigenvalue weighted by Crippen LogP contribution is -2.00. The minimum Gasteiger partial charge on any atom is -0.495 e. The molecule has 0 amide bonds. The maximum atomic E-state index is 13.6. The fourth-order valence-corrected chi connectivity index (χ4v) is 1.35. The third-order valence-corrected chi connectivity index (χ3v) is 2.19. The van der Waals surface area contributed by atoms with Crippen molar-refractivity contribution in [2.45, 2.75) is 0 Å². The van der Waals surface area contributed by atoms with E-state index in [1.54, 1.807) is 19.3 Å². The van der Waals surface area contributed by atoms with Gasteiger partial charge in [-0.15, -0.1) is 0 Å². The Kier molecular flexibility index (Phi) is 3.13. The molecular formula is C11H11FN4O. The van der Waals surface area contributed by atoms with Gasteiger partial charge in [-0.05, 0) is 6.07 Å². The molecule has 2 aromatic heterocycles. The first-order valence-corrected chi connectivity index (χ1v) is 4.94. The first-order chi connectivity index (χ1) is 8.24. The van der Waals surface area contributed by atoms with Gasteiger partial charge in [0.2, 0.25) is 5.95 Å². The molecule has 0 aliphatic rings. The zero-order valence-corrected chi connectivity index (χ0v) is 9.44. The van der Waals surface area contributed by atoms with Crippen molar-refractivity contribution >= 4 is 5.95 Å². The first kappa shape index (κ1) is 11.3. The van der Waals surface area contributed by atoms with Gasteiger partial charge >= 0.3 is 0 Å². The van der Waals surface area contributed by atoms with Crippen LogP contribution in [0.15, 0.2) is 24.7 Å². The molecule has 0 saturated heterocycles. The van der Waals surface area contributed by atoms with Crippen LogP contribution < -0.4 is 10.1 Å². The lowest BCUT2D eigenvalue weighted by molar-refractivity contribution is 0.413. The Morgan fingerprint density at radius 1 is 1.29 bits per heavy atom. The Morgan fingerprint density at radius 2 is 2.12 bits per heavy atom. The summed E-state index contributed by atoms with van der Waals surface area (Å²) in [6, 6.07) is 1.66. The molecule has 0 atom stereocenters. The zero-order valence-electron chi connectivity index (χ0n) is 9.44. The minimum atomic E-state index is -0.501. The highest BCUT2D eigenvalue weighted by Crippen LogP contribution is 2.23. The molecule has 17 heavy (non-hydrogen) atoms. The molecule has 2 aromatic rings. The summed E-state index contributed by atoms with van der Waals surface area (Å²) in [5, 5.41) is 2.75. The normalized spacial score (nSPS) is 10.1. The highest BCUT2D eigenvalue weighted by molar-refractivity contribution is 5.61. The van der Waals surface area contributed by atoms with Gasteiger partial charge in [-0.2, -0.15) is 0 Å². The van der Waals surface area contributed by atoms with E-state index in [9.17, 15) is 4.39 Å². The van der Waals surface area contributed by atoms with Gasteiger partial charge in [-0.1, -0.05) is 0 Å². The molecule has 0 saturated carbocycles. The number of pyridine rings is 1. The number of hydrogen-bond donors (Lipinski definition) is 1. The average molecular weight is 234 g/mol. The van der Waals surface area contributed by atoms with Gasteiger partial charge in [0, 0.05) is 18.8 Å². The van der Waals surface area contributed by atoms with Gasteiger partial charge in [-0.25, -0.2) is 14.4 Å². The second kappa shape index (κ2) is 4.73. The van der Waals surface area contributed by atoms with Crippen molar-refractivity contribution in [1.29, 1.82) is 0 Å². The Labute approximate surface area is 97.7 Å². The predicted octanol–water partition coefficient (Wildman–Crippen LogP) is 1.73. The number of ether oxygens (including phenoxy) is 1. The molecule has 0 spiro atoms. The van der Waals surface area contributed by atoms with Crippen molar-refractivity contribution in [3.8, 4) is 17.0 Å². The van der Waals surface area contributed by atoms with Crippen LogP contribution >= 0.6 is 0 Å². The highest BCUT2D eigenvalue weighted by Gasteiger charge is 2.10. The number of rotatable bonds is 3. The molecule has 0 bridgehead atoms. The first-order valence-electron chi connectivity index (χ1n) is 4.94. The minimum absolute atomic E-state index is 0.191. The number of nitrogens with one attached hydrogen (secondary N) is 1. The number of nitrogens with zero attached hydrogens (tertiary/aromatic N) is 3. The lowest BCUT2D eigenvalue weighted by atomic mass is 10.2. The third kappa shape index (κ3) is 2.30. The summed E-state index contributed by atoms with van der Waals surface area (Å²) in [4.78, 5) is 11.8. The smallest absolute Gasteiger partial charge is 0.223 e. The molecule has 88 valence electrons. The second-order valence-corrected chi connectivity index (χ2v) is 3.25. The van der Waals surface area contributed by atoms with E-state index in [2.05, 4.69) is 20.3 Å². The summed E-state index contributed by atoms with van der Waals surface area (Å²) in [6.45, 7) is 0. The van der Waals surface area contributed by atoms with Crippen molar-refractivity contribution in [2.75, 3.05) is 19.5 Å². The largest absolute Gasteiger partial charge is 0.495 e. The highest BCUT2D eigenvalue weighted by atomic mass is 19.1. The quantitative estimate of drug-likeness (QED) is 0.876. The maximum Gasteiger partial charge on any atom is 0.223 e. The van der Waals surface area contributed by atoms with Gasteiger partial charge in [0.25, 0.3) is 0 Å². The zero-order chi connectivity index (χ0) is 12.3. The standard InChI is InChI=1S/C11H11FN4O/c1-13-11-15-6-9(12)10(16-11)7-3-8(17-2)5-14-4-7/h3-6H,1-2H3,(H,13,15,16). The van der Waals surface area contributed by atoms with Crippen LogP contribution in [-0.2, 0) is 0 Å². The summed E-state index contributed by atoms with van der Waals surface area (Å²) in [7, 11) is 3.19. The molecule has 6 heteroatoms. The van der Waals surface area contributed by atoms with Crippen LogP contribution in [0, 0.1) is 5.82 Å². The summed E-state index contributed by atoms with van der Waals surface area (Å²) in [5.41, 5.74) is 0.733. The molecule has 0 aromatic carbocycles. The van der Waals surface area contributed by atoms with E-state index in [0.717, 1.165) is 6.20 Å². The third-order valence-electron chi connectivity index (χ3n) is 2.19. The lowest BCUT2D eigenvalue weighted by Gasteiger charge is -2.06. The van der Waals surface area contributed by atoms with Crippen molar-refractivity contribution in [3.63, 3.8) is 0 Å². The fourth-order valence-electron chi connectivity index (χ4n) is 1.35. The molecule has 1 N–H and O–H groups in total. The summed E-state index contributed by atoms with van der Waals surface area (Å²) in [6.07, 6.45) is 4.18. The number of methoxy groups -OCH3 is 1. The van der Waals surface area contributed by atoms with Crippen LogP contribution in [0.3, 0.4) is 0 Å². The van der Waals surface area contributed by atoms with Crippen LogP contribution in [0.2, 0.25) is 0 Å². The molecule has 2 rings (SSSR count). The van der Waals surface area contributed by atoms with Crippen LogP contribution in [0.5, 0.6) is 5.75 Å². The van der Waals surface area contributed by atoms with Crippen LogP contribution in [0.4, 0.5) is 10.3 Å². The van der Waals surface area contributed by atoms with E-state index in [1.165, 1.54) is 13.3 Å². The number of aromatic nitrogens is 3. The SMILES string of the molecule is CNc1ncc(F)c(-c2cncc(OC)c2)n1. The van der Waals surface area contributed by atoms with Crippen molar-refractivity contribution in [2.24, 2.45) is 0 Å². The van der Waals surface area contributed by atoms with Crippen molar-refractivity contribution in [1.82, 2.24) is 15.0 Å². The summed E-state index contributed by atoms with van der Waals surface area (Å²) in [5.74, 6) is 0.398. The summed E-state index contributed by atoms with van der Waals surface area (Å²) < 4.78 is 18.6. The predicted molar refractivity (Wildman–Crippen MR) is 61.3 cm³/mol. The average Bonchev–Trinajstić information content (AvgIpc) is 2.39. The monoisotopic (exact) mass is 234 g/mol. The van der Waals surface area contributed by atoms with Gasteiger partial charge in [0.1, 0.15) is 11.4 Å². The van der Waals surface area contributed by atoms with Gasteiger partial charge in [-0.3, -0.25) is 4.98 Å². The van der Waals surface area contributed by atoms with E-state index >= 15 is 0 Å². The molecule has 0 unspecified atom stereocenters. The van der Waals surface area contributed by atoms with Gasteiger partial charge in [0.15, 0.2) is 5.82 Å². The molecule has 2 heterocycles. The van der Waals surface area contributed by atoms with Gasteiger partial charge < -0.3 is 10.1 Å². The Bertz CT molecular complexity index is 533. The molecule has 5 nitrogen and oxygen atoms in total. The summed E-state index contributed by atoms with van der Waals surface area (Å²) >= 11 is 0. The molecule has 0 aliphatic carbocycles. The van der Waals surface area contributed by atoms with Crippen LogP contribution in [0.1, 0.15) is 0 Å². The molecule has 0 fully saturated rings. The van der Waals surface area contributed by atoms with Crippen LogP contribution in [-0.4, -0.2) is 29.1 Å². The fraction of sp³-hybridized carbons (Fsp3) is 0.182. The van der Waals surface area contributed by atoms with E-state index in [-0.39, 0.29) is 5.69 Å². The van der Waals surface area contributed by atoms with E-state index in [4.69, 9.17) is 4.74 Å². The molecular weight excluding hydrogens is 223 g/mol. The van der Waals surface area contributed by atoms with Crippen molar-refractivity contribution in [3.05, 3.63) is 30.5 Å². The topological polar surface area (TPSA) is 59.9 Å². The number of halogens is 1. The molecule has 0 radical (unpaired) electrons.